The van der Waals surface area contributed by atoms with Crippen LogP contribution in [0.1, 0.15) is 494 Å². The van der Waals surface area contributed by atoms with Crippen LogP contribution in [0.5, 0.6) is 0 Å². The van der Waals surface area contributed by atoms with E-state index in [4.69, 9.17) is 0 Å². The standard InChI is InChI=1S/2C22H40.C21H38.C20H36.C19H34.10H2/c1-3-5-7-8-10-20-13-17-22(18-14-20)21-15-11-19(12-16-21)9-6-4-2;1-3-5-7-9-19-11-15-21(16-12-19)22-17-13-20(14-18-22)10-8-6-4-2;1-3-5-6-7-9-19-12-16-21(17-13-19)20-14-10-18(8-4-2)11-15-20;1-3-5-6-7-8-18-11-15-20(16-12-18)19-13-9-17(4-2)10-14-19;1-3-4-5-6-7-17-10-14-19(15-11-17)18-12-8-16(2)9-13-18;;;;;;;;;;/h8,10,19-22H,3-7,9,11-18H2,1-2H3;7,9,19-22H,3-6,8,10-18H2,1-2H3;7,9,18-21H,3-6,8,10-17H2,1-2H3;7-8,17-20H,3-6,9-16H2,1-2H3;6-7,16-19H,3-5,8-15H2,1-2H3;10*1H/b10-8+;2*9-7+;8-7+;7-6+;;;;;;;;;;. The molecule has 0 unspecified atom stereocenters. The summed E-state index contributed by atoms with van der Waals surface area (Å²) in [6.07, 6.45) is 119. The zero-order valence-electron chi connectivity index (χ0n) is 72.6. The van der Waals surface area contributed by atoms with Crippen LogP contribution in [0.15, 0.2) is 60.8 Å². The third kappa shape index (κ3) is 38.3. The summed E-state index contributed by atoms with van der Waals surface area (Å²) >= 11 is 0. The fourth-order valence-corrected chi connectivity index (χ4v) is 23.2. The summed E-state index contributed by atoms with van der Waals surface area (Å²) in [5, 5.41) is 0. The Morgan fingerprint density at radius 1 is 0.192 bits per heavy atom. The molecule has 624 valence electrons. The molecule has 104 heavy (non-hydrogen) atoms. The average Bonchev–Trinajstić information content (AvgIpc) is 0.883. The molecule has 0 atom stereocenters. The van der Waals surface area contributed by atoms with Crippen LogP contribution in [0.3, 0.4) is 0 Å². The van der Waals surface area contributed by atoms with E-state index in [0.717, 1.165) is 118 Å². The van der Waals surface area contributed by atoms with Gasteiger partial charge in [0.15, 0.2) is 0 Å². The molecule has 0 heteroatoms. The Kier molecular flexibility index (Phi) is 51.6. The molecule has 0 N–H and O–H groups in total. The molecule has 0 amide bonds. The lowest BCUT2D eigenvalue weighted by Gasteiger charge is -2.37. The summed E-state index contributed by atoms with van der Waals surface area (Å²) in [6.45, 7) is 23.2. The van der Waals surface area contributed by atoms with Gasteiger partial charge in [-0.15, -0.1) is 0 Å². The van der Waals surface area contributed by atoms with Gasteiger partial charge in [0.25, 0.3) is 0 Å². The third-order valence-corrected chi connectivity index (χ3v) is 30.9. The highest BCUT2D eigenvalue weighted by atomic mass is 14.4. The first-order valence-electron chi connectivity index (χ1n) is 49.4. The minimum Gasteiger partial charge on any atom is -0.0883 e. The van der Waals surface area contributed by atoms with Crippen LogP contribution >= 0.6 is 0 Å². The first kappa shape index (κ1) is 91.6. The summed E-state index contributed by atoms with van der Waals surface area (Å²) in [4.78, 5) is 0. The van der Waals surface area contributed by atoms with Crippen molar-refractivity contribution in [3.63, 3.8) is 0 Å². The lowest BCUT2D eigenvalue weighted by molar-refractivity contribution is 0.151. The van der Waals surface area contributed by atoms with Crippen molar-refractivity contribution >= 4 is 0 Å². The fourth-order valence-electron chi connectivity index (χ4n) is 23.2. The van der Waals surface area contributed by atoms with Gasteiger partial charge in [-0.3, -0.25) is 0 Å². The van der Waals surface area contributed by atoms with Gasteiger partial charge < -0.3 is 0 Å². The summed E-state index contributed by atoms with van der Waals surface area (Å²) in [7, 11) is 0. The lowest BCUT2D eigenvalue weighted by atomic mass is 9.68. The molecule has 0 nitrogen and oxygen atoms in total. The first-order chi connectivity index (χ1) is 51.1. The van der Waals surface area contributed by atoms with Crippen molar-refractivity contribution in [2.45, 2.75) is 480 Å². The zero-order chi connectivity index (χ0) is 73.9. The van der Waals surface area contributed by atoms with Gasteiger partial charge in [0, 0.05) is 14.3 Å². The Hall–Kier alpha value is -1.30. The Morgan fingerprint density at radius 3 is 0.654 bits per heavy atom. The van der Waals surface area contributed by atoms with Crippen LogP contribution in [0, 0.1) is 118 Å². The second kappa shape index (κ2) is 58.6. The van der Waals surface area contributed by atoms with Crippen molar-refractivity contribution < 1.29 is 14.3 Å². The molecular formula is C104H208. The van der Waals surface area contributed by atoms with Gasteiger partial charge in [-0.25, -0.2) is 0 Å². The molecule has 10 saturated carbocycles. The normalized spacial score (nSPS) is 34.6. The van der Waals surface area contributed by atoms with Gasteiger partial charge in [-0.2, -0.15) is 0 Å². The van der Waals surface area contributed by atoms with Crippen molar-refractivity contribution in [3.8, 4) is 0 Å². The Morgan fingerprint density at radius 2 is 0.413 bits per heavy atom. The monoisotopic (exact) mass is 1460 g/mol. The second-order valence-electron chi connectivity index (χ2n) is 38.9. The Balaban J connectivity index is -0.000000425. The molecule has 10 fully saturated rings. The van der Waals surface area contributed by atoms with E-state index < -0.39 is 0 Å². The van der Waals surface area contributed by atoms with Gasteiger partial charge in [0.2, 0.25) is 0 Å². The third-order valence-electron chi connectivity index (χ3n) is 30.9. The largest absolute Gasteiger partial charge is 0.0883 e. The van der Waals surface area contributed by atoms with Gasteiger partial charge in [0.1, 0.15) is 0 Å². The zero-order valence-corrected chi connectivity index (χ0v) is 72.6. The molecule has 0 aromatic rings. The highest BCUT2D eigenvalue weighted by Crippen LogP contribution is 2.48. The molecule has 0 heterocycles. The van der Waals surface area contributed by atoms with Crippen molar-refractivity contribution in [3.05, 3.63) is 60.8 Å². The molecule has 0 radical (unpaired) electrons. The number of hydrogen-bond donors (Lipinski definition) is 0. The van der Waals surface area contributed by atoms with E-state index in [-0.39, 0.29) is 14.3 Å². The minimum absolute atomic E-state index is 0. The Bertz CT molecular complexity index is 2100. The van der Waals surface area contributed by atoms with Crippen LogP contribution < -0.4 is 0 Å². The fraction of sp³-hybridized carbons (Fsp3) is 0.904. The molecule has 0 spiro atoms. The SMILES string of the molecule is CCC/C=C/C1CCC(C2CCC(CCCCC)CC2)CC1.CCCC/C=C/C1CCC(C2CCC(C)CC2)CC1.CCCC/C=C/C1CCC(C2CCC(CC)CC2)CC1.CCCC/C=C/C1CCC(C2CCC(CCC)CC2)CC1.CCCC/C=C/C1CCC(C2CCC(CCCC)CC2)CC1.[HH].[HH].[HH].[HH].[HH].[HH].[HH].[HH].[HH].[HH]. The number of rotatable bonds is 34. The maximum atomic E-state index is 2.55. The van der Waals surface area contributed by atoms with Crippen molar-refractivity contribution in [2.75, 3.05) is 0 Å². The van der Waals surface area contributed by atoms with Gasteiger partial charge >= 0.3 is 0 Å². The molecule has 0 saturated heterocycles. The summed E-state index contributed by atoms with van der Waals surface area (Å²) in [6, 6.07) is 0. The predicted octanol–water partition coefficient (Wildman–Crippen LogP) is 37.8. The quantitative estimate of drug-likeness (QED) is 0.0445. The average molecular weight is 1460 g/mol. The Labute approximate surface area is 670 Å². The van der Waals surface area contributed by atoms with Gasteiger partial charge in [0.05, 0.1) is 0 Å². The summed E-state index contributed by atoms with van der Waals surface area (Å²) in [5.74, 6) is 20.7. The highest BCUT2D eigenvalue weighted by Gasteiger charge is 2.35. The van der Waals surface area contributed by atoms with E-state index in [1.165, 1.54) is 334 Å². The molecular weight excluding hydrogens is 1250 g/mol. The van der Waals surface area contributed by atoms with E-state index in [1.807, 2.05) is 0 Å². The van der Waals surface area contributed by atoms with E-state index in [9.17, 15) is 0 Å². The van der Waals surface area contributed by atoms with E-state index in [1.54, 1.807) is 77.0 Å². The maximum absolute atomic E-state index is 2.55. The molecule has 10 aliphatic rings. The molecule has 10 rings (SSSR count). The van der Waals surface area contributed by atoms with Crippen LogP contribution in [0.4, 0.5) is 0 Å². The highest BCUT2D eigenvalue weighted by molar-refractivity contribution is 4.98. The lowest BCUT2D eigenvalue weighted by Crippen LogP contribution is -2.25. The van der Waals surface area contributed by atoms with Gasteiger partial charge in [-0.05, 0) is 343 Å². The summed E-state index contributed by atoms with van der Waals surface area (Å²) < 4.78 is 0. The molecule has 0 aliphatic heterocycles. The number of unbranched alkanes of at least 4 members (excludes halogenated alkanes) is 12. The summed E-state index contributed by atoms with van der Waals surface area (Å²) in [5.41, 5.74) is 0. The van der Waals surface area contributed by atoms with Crippen molar-refractivity contribution in [1.29, 1.82) is 0 Å². The van der Waals surface area contributed by atoms with Gasteiger partial charge in [-0.1, -0.05) is 316 Å². The molecule has 0 bridgehead atoms. The number of allylic oxidation sites excluding steroid dienone is 10. The number of hydrogen-bond acceptors (Lipinski definition) is 0. The minimum atomic E-state index is 0. The maximum Gasteiger partial charge on any atom is 0 e. The van der Waals surface area contributed by atoms with Crippen molar-refractivity contribution in [2.24, 2.45) is 118 Å². The molecule has 0 aromatic carbocycles. The molecule has 10 aliphatic carbocycles. The van der Waals surface area contributed by atoms with E-state index in [0.29, 0.717) is 0 Å². The van der Waals surface area contributed by atoms with Crippen LogP contribution in [-0.4, -0.2) is 0 Å². The van der Waals surface area contributed by atoms with E-state index >= 15 is 0 Å². The van der Waals surface area contributed by atoms with E-state index in [2.05, 4.69) is 130 Å². The van der Waals surface area contributed by atoms with Crippen LogP contribution in [0.25, 0.3) is 0 Å². The molecule has 0 aromatic heterocycles. The predicted molar refractivity (Wildman–Crippen MR) is 489 cm³/mol. The topological polar surface area (TPSA) is 0 Å². The first-order valence-corrected chi connectivity index (χ1v) is 49.4. The second-order valence-corrected chi connectivity index (χ2v) is 38.9. The smallest absolute Gasteiger partial charge is 0 e. The van der Waals surface area contributed by atoms with Crippen LogP contribution in [-0.2, 0) is 0 Å². The van der Waals surface area contributed by atoms with Crippen molar-refractivity contribution in [1.82, 2.24) is 0 Å². The van der Waals surface area contributed by atoms with Crippen LogP contribution in [0.2, 0.25) is 0 Å².